The van der Waals surface area contributed by atoms with Gasteiger partial charge in [-0.1, -0.05) is 23.8 Å². The molecular formula is C24H34N4O3. The van der Waals surface area contributed by atoms with E-state index in [2.05, 4.69) is 52.1 Å². The second-order valence-electron chi connectivity index (χ2n) is 8.88. The number of aryl methyl sites for hydroxylation is 2. The van der Waals surface area contributed by atoms with Crippen LogP contribution in [0, 0.1) is 19.8 Å². The van der Waals surface area contributed by atoms with E-state index < -0.39 is 0 Å². The molecule has 0 unspecified atom stereocenters. The summed E-state index contributed by atoms with van der Waals surface area (Å²) in [5, 5.41) is 2.95. The number of rotatable bonds is 10. The number of nitrogens with one attached hydrogen (secondary N) is 1. The number of oxazole rings is 1. The largest absolute Gasteiger partial charge is 0.447 e. The molecule has 7 nitrogen and oxygen atoms in total. The van der Waals surface area contributed by atoms with Gasteiger partial charge in [-0.2, -0.15) is 0 Å². The first kappa shape index (κ1) is 22.0. The van der Waals surface area contributed by atoms with Crippen LogP contribution in [0.1, 0.15) is 45.9 Å². The summed E-state index contributed by atoms with van der Waals surface area (Å²) in [6.45, 7) is 11.6. The Hall–Kier alpha value is -2.22. The molecule has 1 N–H and O–H groups in total. The van der Waals surface area contributed by atoms with Crippen molar-refractivity contribution >= 4 is 5.91 Å². The molecular weight excluding hydrogens is 392 g/mol. The van der Waals surface area contributed by atoms with Gasteiger partial charge >= 0.3 is 0 Å². The lowest BCUT2D eigenvalue weighted by atomic mass is 10.1. The zero-order valence-corrected chi connectivity index (χ0v) is 18.7. The number of carbonyl (C=O) groups is 1. The maximum absolute atomic E-state index is 12.5. The molecule has 1 saturated heterocycles. The van der Waals surface area contributed by atoms with Crippen LogP contribution >= 0.6 is 0 Å². The average Bonchev–Trinajstić information content (AvgIpc) is 3.45. The molecule has 0 bridgehead atoms. The molecule has 2 fully saturated rings. The summed E-state index contributed by atoms with van der Waals surface area (Å²) in [7, 11) is 0. The second-order valence-corrected chi connectivity index (χ2v) is 8.88. The third-order valence-corrected chi connectivity index (χ3v) is 6.07. The van der Waals surface area contributed by atoms with Crippen LogP contribution in [0.15, 0.2) is 28.9 Å². The third-order valence-electron chi connectivity index (χ3n) is 6.07. The summed E-state index contributed by atoms with van der Waals surface area (Å²) < 4.78 is 11.0. The standard InChI is InChI=1S/C24H34N4O3/c1-18-3-4-19(2)21(13-18)15-28(14-20-5-6-20)16-23-26-22(17-31-23)24(29)25-7-8-27-9-11-30-12-10-27/h3-4,13,17,20H,5-12,14-16H2,1-2H3,(H,25,29). The van der Waals surface area contributed by atoms with E-state index in [1.165, 1.54) is 35.8 Å². The first-order valence-corrected chi connectivity index (χ1v) is 11.4. The minimum atomic E-state index is -0.175. The smallest absolute Gasteiger partial charge is 0.273 e. The van der Waals surface area contributed by atoms with Crippen molar-refractivity contribution in [3.8, 4) is 0 Å². The maximum atomic E-state index is 12.5. The monoisotopic (exact) mass is 426 g/mol. The van der Waals surface area contributed by atoms with Crippen LogP contribution in [-0.4, -0.2) is 66.6 Å². The number of amides is 1. The van der Waals surface area contributed by atoms with E-state index in [1.807, 2.05) is 0 Å². The number of aromatic nitrogens is 1. The highest BCUT2D eigenvalue weighted by atomic mass is 16.5. The summed E-state index contributed by atoms with van der Waals surface area (Å²) in [5.41, 5.74) is 4.28. The molecule has 2 aromatic rings. The molecule has 7 heteroatoms. The van der Waals surface area contributed by atoms with Crippen LogP contribution < -0.4 is 5.32 Å². The predicted octanol–water partition coefficient (Wildman–Crippen LogP) is 2.77. The summed E-state index contributed by atoms with van der Waals surface area (Å²) in [6, 6.07) is 6.60. The molecule has 1 aromatic heterocycles. The highest BCUT2D eigenvalue weighted by Gasteiger charge is 2.26. The zero-order chi connectivity index (χ0) is 21.6. The number of benzene rings is 1. The molecule has 31 heavy (non-hydrogen) atoms. The van der Waals surface area contributed by atoms with Gasteiger partial charge in [0.25, 0.3) is 5.91 Å². The normalized spacial score (nSPS) is 17.3. The summed E-state index contributed by atoms with van der Waals surface area (Å²) in [4.78, 5) is 21.6. The quantitative estimate of drug-likeness (QED) is 0.630. The van der Waals surface area contributed by atoms with E-state index in [1.54, 1.807) is 0 Å². The minimum absolute atomic E-state index is 0.175. The van der Waals surface area contributed by atoms with Crippen molar-refractivity contribution in [2.45, 2.75) is 39.8 Å². The van der Waals surface area contributed by atoms with Crippen LogP contribution in [0.2, 0.25) is 0 Å². The molecule has 0 spiro atoms. The van der Waals surface area contributed by atoms with Gasteiger partial charge in [-0.15, -0.1) is 0 Å². The number of nitrogens with zero attached hydrogens (tertiary/aromatic N) is 3. The fourth-order valence-corrected chi connectivity index (χ4v) is 3.98. The molecule has 1 aromatic carbocycles. The average molecular weight is 427 g/mol. The number of hydrogen-bond donors (Lipinski definition) is 1. The number of carbonyl (C=O) groups excluding carboxylic acids is 1. The van der Waals surface area contributed by atoms with E-state index in [0.717, 1.165) is 51.9 Å². The van der Waals surface area contributed by atoms with Crippen molar-refractivity contribution in [2.24, 2.45) is 5.92 Å². The molecule has 1 aliphatic heterocycles. The Morgan fingerprint density at radius 1 is 1.23 bits per heavy atom. The molecule has 1 aliphatic carbocycles. The molecule has 0 atom stereocenters. The van der Waals surface area contributed by atoms with Gasteiger partial charge in [0.15, 0.2) is 5.69 Å². The molecule has 0 radical (unpaired) electrons. The van der Waals surface area contributed by atoms with E-state index in [0.29, 0.717) is 24.7 Å². The van der Waals surface area contributed by atoms with Crippen LogP contribution in [-0.2, 0) is 17.8 Å². The third kappa shape index (κ3) is 6.63. The van der Waals surface area contributed by atoms with Gasteiger partial charge in [0.2, 0.25) is 5.89 Å². The molecule has 1 saturated carbocycles. The minimum Gasteiger partial charge on any atom is -0.447 e. The predicted molar refractivity (Wildman–Crippen MR) is 119 cm³/mol. The van der Waals surface area contributed by atoms with Crippen molar-refractivity contribution < 1.29 is 13.9 Å². The van der Waals surface area contributed by atoms with Gasteiger partial charge in [-0.3, -0.25) is 14.6 Å². The van der Waals surface area contributed by atoms with Gasteiger partial charge in [0.05, 0.1) is 19.8 Å². The van der Waals surface area contributed by atoms with Gasteiger partial charge in [0, 0.05) is 39.3 Å². The number of ether oxygens (including phenoxy) is 1. The van der Waals surface area contributed by atoms with Crippen LogP contribution in [0.4, 0.5) is 0 Å². The van der Waals surface area contributed by atoms with Gasteiger partial charge in [-0.25, -0.2) is 4.98 Å². The fourth-order valence-electron chi connectivity index (χ4n) is 3.98. The fraction of sp³-hybridized carbons (Fsp3) is 0.583. The van der Waals surface area contributed by atoms with E-state index >= 15 is 0 Å². The molecule has 168 valence electrons. The van der Waals surface area contributed by atoms with Crippen LogP contribution in [0.25, 0.3) is 0 Å². The molecule has 2 aliphatic rings. The zero-order valence-electron chi connectivity index (χ0n) is 18.7. The lowest BCUT2D eigenvalue weighted by Crippen LogP contribution is -2.41. The lowest BCUT2D eigenvalue weighted by molar-refractivity contribution is 0.0383. The Morgan fingerprint density at radius 2 is 2.03 bits per heavy atom. The highest BCUT2D eigenvalue weighted by molar-refractivity contribution is 5.91. The Labute approximate surface area is 184 Å². The number of morpholine rings is 1. The van der Waals surface area contributed by atoms with Crippen molar-refractivity contribution in [3.63, 3.8) is 0 Å². The highest BCUT2D eigenvalue weighted by Crippen LogP contribution is 2.31. The Bertz CT molecular complexity index is 871. The van der Waals surface area contributed by atoms with Crippen molar-refractivity contribution in [3.05, 3.63) is 52.7 Å². The van der Waals surface area contributed by atoms with E-state index in [-0.39, 0.29) is 5.91 Å². The first-order chi connectivity index (χ1) is 15.1. The van der Waals surface area contributed by atoms with E-state index in [9.17, 15) is 4.79 Å². The molecule has 2 heterocycles. The SMILES string of the molecule is Cc1ccc(C)c(CN(Cc2nc(C(=O)NCCN3CCOCC3)co2)CC2CC2)c1. The summed E-state index contributed by atoms with van der Waals surface area (Å²) in [6.07, 6.45) is 4.07. The molecule has 4 rings (SSSR count). The van der Waals surface area contributed by atoms with Gasteiger partial charge < -0.3 is 14.5 Å². The number of hydrogen-bond acceptors (Lipinski definition) is 6. The Kier molecular flexibility index (Phi) is 7.37. The Morgan fingerprint density at radius 3 is 2.81 bits per heavy atom. The van der Waals surface area contributed by atoms with Crippen molar-refractivity contribution in [1.82, 2.24) is 20.1 Å². The lowest BCUT2D eigenvalue weighted by Gasteiger charge is -2.26. The van der Waals surface area contributed by atoms with Gasteiger partial charge in [0.1, 0.15) is 6.26 Å². The van der Waals surface area contributed by atoms with Crippen LogP contribution in [0.3, 0.4) is 0 Å². The second kappa shape index (κ2) is 10.4. The topological polar surface area (TPSA) is 70.8 Å². The van der Waals surface area contributed by atoms with E-state index in [4.69, 9.17) is 9.15 Å². The summed E-state index contributed by atoms with van der Waals surface area (Å²) in [5.74, 6) is 1.19. The van der Waals surface area contributed by atoms with Gasteiger partial charge in [-0.05, 0) is 43.7 Å². The first-order valence-electron chi connectivity index (χ1n) is 11.4. The molecule has 1 amide bonds. The Balaban J connectivity index is 1.31. The maximum Gasteiger partial charge on any atom is 0.273 e. The van der Waals surface area contributed by atoms with Crippen molar-refractivity contribution in [2.75, 3.05) is 45.9 Å². The summed E-state index contributed by atoms with van der Waals surface area (Å²) >= 11 is 0. The van der Waals surface area contributed by atoms with Crippen LogP contribution in [0.5, 0.6) is 0 Å². The van der Waals surface area contributed by atoms with Crippen molar-refractivity contribution in [1.29, 1.82) is 0 Å².